The van der Waals surface area contributed by atoms with E-state index in [1.165, 1.54) is 6.21 Å². The van der Waals surface area contributed by atoms with Crippen molar-refractivity contribution in [3.8, 4) is 5.75 Å². The molecule has 2 aliphatic heterocycles. The molecular formula is C24H23NO6. The van der Waals surface area contributed by atoms with Crippen LogP contribution in [0.4, 0.5) is 0 Å². The molecule has 0 saturated carbocycles. The lowest BCUT2D eigenvalue weighted by Crippen LogP contribution is -2.61. The molecule has 2 heterocycles. The van der Waals surface area contributed by atoms with Gasteiger partial charge in [0.15, 0.2) is 12.5 Å². The van der Waals surface area contributed by atoms with E-state index < -0.39 is 36.9 Å². The van der Waals surface area contributed by atoms with Crippen molar-refractivity contribution in [1.29, 1.82) is 0 Å². The Labute approximate surface area is 179 Å². The highest BCUT2D eigenvalue weighted by Crippen LogP contribution is 2.34. The van der Waals surface area contributed by atoms with Crippen LogP contribution in [0.1, 0.15) is 17.4 Å². The summed E-state index contributed by atoms with van der Waals surface area (Å²) in [5.74, 6) is 0.0706. The number of hydrogen-bond donors (Lipinski definition) is 3. The van der Waals surface area contributed by atoms with E-state index in [2.05, 4.69) is 4.99 Å². The molecule has 3 aromatic carbocycles. The number of aliphatic imine (C=N–C) groups is 1. The highest BCUT2D eigenvalue weighted by molar-refractivity contribution is 6.02. The topological polar surface area (TPSA) is 101 Å². The summed E-state index contributed by atoms with van der Waals surface area (Å²) in [5, 5.41) is 33.4. The number of aromatic hydroxyl groups is 1. The van der Waals surface area contributed by atoms with Crippen LogP contribution in [0.5, 0.6) is 5.75 Å². The molecule has 7 heteroatoms. The fraction of sp³-hybridized carbons (Fsp3) is 0.292. The quantitative estimate of drug-likeness (QED) is 0.562. The van der Waals surface area contributed by atoms with Crippen molar-refractivity contribution in [3.05, 3.63) is 77.9 Å². The molecule has 0 spiro atoms. The first-order chi connectivity index (χ1) is 15.1. The summed E-state index contributed by atoms with van der Waals surface area (Å²) in [7, 11) is 0. The van der Waals surface area contributed by atoms with Gasteiger partial charge >= 0.3 is 0 Å². The lowest BCUT2D eigenvalue weighted by molar-refractivity contribution is -0.327. The van der Waals surface area contributed by atoms with Gasteiger partial charge in [-0.15, -0.1) is 0 Å². The van der Waals surface area contributed by atoms with Crippen LogP contribution in [-0.4, -0.2) is 58.8 Å². The second-order valence-electron chi connectivity index (χ2n) is 7.72. The maximum absolute atomic E-state index is 10.7. The van der Waals surface area contributed by atoms with Gasteiger partial charge in [-0.1, -0.05) is 60.7 Å². The molecule has 0 bridgehead atoms. The minimum atomic E-state index is -1.29. The predicted octanol–water partition coefficient (Wildman–Crippen LogP) is 2.53. The first kappa shape index (κ1) is 20.1. The Kier molecular flexibility index (Phi) is 5.43. The molecule has 6 atom stereocenters. The maximum atomic E-state index is 10.7. The minimum absolute atomic E-state index is 0.0706. The Morgan fingerprint density at radius 3 is 2.48 bits per heavy atom. The number of benzene rings is 3. The Hall–Kier alpha value is -2.81. The van der Waals surface area contributed by atoms with Crippen molar-refractivity contribution in [3.63, 3.8) is 0 Å². The summed E-state index contributed by atoms with van der Waals surface area (Å²) in [6.45, 7) is 0.194. The number of ether oxygens (including phenoxy) is 3. The number of aliphatic hydroxyl groups excluding tert-OH is 2. The van der Waals surface area contributed by atoms with Gasteiger partial charge < -0.3 is 29.5 Å². The first-order valence-electron chi connectivity index (χ1n) is 10.2. The Bertz CT molecular complexity index is 1090. The summed E-state index contributed by atoms with van der Waals surface area (Å²) in [6, 6.07) is 20.4. The van der Waals surface area contributed by atoms with Crippen LogP contribution in [0, 0.1) is 0 Å². The second-order valence-corrected chi connectivity index (χ2v) is 7.72. The number of fused-ring (bicyclic) bond motifs is 2. The van der Waals surface area contributed by atoms with Crippen LogP contribution in [0.25, 0.3) is 10.8 Å². The molecule has 7 nitrogen and oxygen atoms in total. The smallest absolute Gasteiger partial charge is 0.184 e. The van der Waals surface area contributed by atoms with Crippen molar-refractivity contribution in [2.45, 2.75) is 36.9 Å². The van der Waals surface area contributed by atoms with Crippen molar-refractivity contribution in [2.75, 3.05) is 6.61 Å². The van der Waals surface area contributed by atoms with Crippen molar-refractivity contribution >= 4 is 17.0 Å². The molecule has 0 aromatic heterocycles. The molecule has 2 aliphatic rings. The van der Waals surface area contributed by atoms with Gasteiger partial charge in [0.2, 0.25) is 0 Å². The third-order valence-corrected chi connectivity index (χ3v) is 5.72. The number of rotatable bonds is 3. The van der Waals surface area contributed by atoms with Gasteiger partial charge in [0.05, 0.1) is 6.61 Å². The molecule has 3 aromatic rings. The summed E-state index contributed by atoms with van der Waals surface area (Å²) in [6.07, 6.45) is -4.00. The standard InChI is InChI=1S/C24H23NO6/c26-18-11-10-14-6-4-5-9-16(14)17(18)12-25-23-21(28)20(27)22-19(30-23)13-29-24(31-22)15-7-2-1-3-8-15/h1-12,19-24,26-28H,13H2/b25-12+/t19-,20-,21-,22-,23-,24?/m1/s1. The van der Waals surface area contributed by atoms with Crippen LogP contribution in [-0.2, 0) is 14.2 Å². The van der Waals surface area contributed by atoms with Crippen LogP contribution < -0.4 is 0 Å². The fourth-order valence-corrected chi connectivity index (χ4v) is 4.06. The van der Waals surface area contributed by atoms with Crippen LogP contribution in [0.15, 0.2) is 71.7 Å². The van der Waals surface area contributed by atoms with E-state index >= 15 is 0 Å². The highest BCUT2D eigenvalue weighted by atomic mass is 16.7. The van der Waals surface area contributed by atoms with Crippen LogP contribution >= 0.6 is 0 Å². The summed E-state index contributed by atoms with van der Waals surface area (Å²) in [5.41, 5.74) is 1.35. The number of nitrogens with zero attached hydrogens (tertiary/aromatic N) is 1. The Balaban J connectivity index is 1.35. The van der Waals surface area contributed by atoms with E-state index in [-0.39, 0.29) is 12.4 Å². The van der Waals surface area contributed by atoms with Crippen molar-refractivity contribution < 1.29 is 29.5 Å². The van der Waals surface area contributed by atoms with Gasteiger partial charge in [-0.3, -0.25) is 4.99 Å². The molecule has 3 N–H and O–H groups in total. The van der Waals surface area contributed by atoms with Gasteiger partial charge in [-0.05, 0) is 16.8 Å². The first-order valence-corrected chi connectivity index (χ1v) is 10.2. The Morgan fingerprint density at radius 1 is 0.871 bits per heavy atom. The van der Waals surface area contributed by atoms with Crippen molar-refractivity contribution in [2.24, 2.45) is 4.99 Å². The average molecular weight is 421 g/mol. The lowest BCUT2D eigenvalue weighted by Gasteiger charge is -2.45. The van der Waals surface area contributed by atoms with Gasteiger partial charge in [0.25, 0.3) is 0 Å². The minimum Gasteiger partial charge on any atom is -0.507 e. The molecular weight excluding hydrogens is 398 g/mol. The number of hydrogen-bond acceptors (Lipinski definition) is 7. The normalized spacial score (nSPS) is 31.0. The molecule has 0 aliphatic carbocycles. The van der Waals surface area contributed by atoms with E-state index in [4.69, 9.17) is 14.2 Å². The largest absolute Gasteiger partial charge is 0.507 e. The molecule has 0 amide bonds. The van der Waals surface area contributed by atoms with Gasteiger partial charge in [0, 0.05) is 17.3 Å². The predicted molar refractivity (Wildman–Crippen MR) is 114 cm³/mol. The van der Waals surface area contributed by atoms with Crippen LogP contribution in [0.2, 0.25) is 0 Å². The summed E-state index contributed by atoms with van der Waals surface area (Å²) < 4.78 is 17.6. The molecule has 1 unspecified atom stereocenters. The zero-order valence-electron chi connectivity index (χ0n) is 16.6. The average Bonchev–Trinajstić information content (AvgIpc) is 2.81. The fourth-order valence-electron chi connectivity index (χ4n) is 4.06. The van der Waals surface area contributed by atoms with E-state index in [0.29, 0.717) is 5.56 Å². The van der Waals surface area contributed by atoms with E-state index in [0.717, 1.165) is 16.3 Å². The van der Waals surface area contributed by atoms with E-state index in [1.54, 1.807) is 6.07 Å². The third kappa shape index (κ3) is 3.82. The SMILES string of the molecule is Oc1ccc2ccccc2c1/C=N/[C@@H]1O[C@@H]2COC(c3ccccc3)O[C@H]2[C@H](O)[C@H]1O. The summed E-state index contributed by atoms with van der Waals surface area (Å²) in [4.78, 5) is 4.34. The number of phenolic OH excluding ortho intramolecular Hbond substituents is 1. The van der Waals surface area contributed by atoms with E-state index in [1.807, 2.05) is 60.7 Å². The van der Waals surface area contributed by atoms with Crippen molar-refractivity contribution in [1.82, 2.24) is 0 Å². The maximum Gasteiger partial charge on any atom is 0.184 e. The molecule has 160 valence electrons. The molecule has 5 rings (SSSR count). The second kappa shape index (κ2) is 8.37. The Morgan fingerprint density at radius 2 is 1.65 bits per heavy atom. The van der Waals surface area contributed by atoms with Crippen LogP contribution in [0.3, 0.4) is 0 Å². The van der Waals surface area contributed by atoms with E-state index in [9.17, 15) is 15.3 Å². The number of aliphatic hydroxyl groups is 2. The molecule has 2 saturated heterocycles. The molecule has 31 heavy (non-hydrogen) atoms. The lowest BCUT2D eigenvalue weighted by atomic mass is 9.97. The van der Waals surface area contributed by atoms with Gasteiger partial charge in [-0.2, -0.15) is 0 Å². The van der Waals surface area contributed by atoms with Gasteiger partial charge in [-0.25, -0.2) is 0 Å². The zero-order chi connectivity index (χ0) is 21.4. The molecule has 0 radical (unpaired) electrons. The highest BCUT2D eigenvalue weighted by Gasteiger charge is 2.48. The summed E-state index contributed by atoms with van der Waals surface area (Å²) >= 11 is 0. The molecule has 2 fully saturated rings. The van der Waals surface area contributed by atoms with Gasteiger partial charge in [0.1, 0.15) is 30.2 Å². The third-order valence-electron chi connectivity index (χ3n) is 5.72. The number of phenols is 1. The zero-order valence-corrected chi connectivity index (χ0v) is 16.6. The monoisotopic (exact) mass is 421 g/mol.